The Morgan fingerprint density at radius 1 is 0.635 bits per heavy atom. The Morgan fingerprint density at radius 3 is 1.57 bits per heavy atom. The normalized spacial score (nSPS) is 42.1. The molecule has 0 aliphatic heterocycles. The van der Waals surface area contributed by atoms with Gasteiger partial charge < -0.3 is 28.8 Å². The summed E-state index contributed by atoms with van der Waals surface area (Å²) in [6.45, 7) is 25.0. The Kier molecular flexibility index (Phi) is 21.6. The Hall–Kier alpha value is -1.93. The van der Waals surface area contributed by atoms with Crippen LogP contribution in [0.4, 0.5) is 0 Å². The molecule has 0 aromatic carbocycles. The SMILES string of the molecule is CC(=O)[O-].CC[C@H]1C(=O)C2C3CC[C@H]([C@H](C)CCC(=O)OC)[C@@]3(C)C=CC2[C@@]2(C)CC[C@@H](OC(C)=O)C[C@@H]12.CC[C@H]1C(=O)C2C3CC[C@H]([C@H](C)CCC(=O)OC)[C@@]3(C)[C@@H](C)CC2[C@@]2(C)CC[C@@H](OC(C)=O)C[C@@H]12.[K+]. The summed E-state index contributed by atoms with van der Waals surface area (Å²) in [5.74, 6) is 4.13. The van der Waals surface area contributed by atoms with Crippen molar-refractivity contribution < 1.29 is 109 Å². The number of hydrogen-bond acceptors (Lipinski definition) is 12. The van der Waals surface area contributed by atoms with Crippen molar-refractivity contribution in [2.24, 2.45) is 110 Å². The number of rotatable bonds is 12. The third kappa shape index (κ3) is 12.1. The molecule has 7 fully saturated rings. The molecule has 8 rings (SSSR count). The molecule has 12 nitrogen and oxygen atoms in total. The van der Waals surface area contributed by atoms with Crippen molar-refractivity contribution >= 4 is 41.4 Å². The maximum absolute atomic E-state index is 14.3. The first-order chi connectivity index (χ1) is 34.3. The summed E-state index contributed by atoms with van der Waals surface area (Å²) in [5.41, 5.74) is 0.355. The Labute approximate surface area is 487 Å². The van der Waals surface area contributed by atoms with E-state index in [9.17, 15) is 28.8 Å². The van der Waals surface area contributed by atoms with Crippen molar-refractivity contribution in [3.8, 4) is 0 Å². The largest absolute Gasteiger partial charge is 1.00 e. The van der Waals surface area contributed by atoms with E-state index in [2.05, 4.69) is 74.5 Å². The summed E-state index contributed by atoms with van der Waals surface area (Å²) in [6.07, 6.45) is 20.3. The van der Waals surface area contributed by atoms with Gasteiger partial charge in [0.2, 0.25) is 0 Å². The van der Waals surface area contributed by atoms with Crippen molar-refractivity contribution in [3.63, 3.8) is 0 Å². The van der Waals surface area contributed by atoms with E-state index in [1.54, 1.807) is 0 Å². The van der Waals surface area contributed by atoms with Gasteiger partial charge in [-0.2, -0.15) is 0 Å². The number of aliphatic carboxylic acids is 1. The molecule has 0 heterocycles. The van der Waals surface area contributed by atoms with E-state index >= 15 is 0 Å². The summed E-state index contributed by atoms with van der Waals surface area (Å²) in [7, 11) is 2.92. The van der Waals surface area contributed by atoms with Gasteiger partial charge in [0.25, 0.3) is 0 Å². The molecule has 0 aromatic heterocycles. The molecular weight excluding hydrogens is 964 g/mol. The molecule has 0 bridgehead atoms. The number of esters is 4. The van der Waals surface area contributed by atoms with Crippen LogP contribution >= 0.6 is 0 Å². The monoisotopic (exact) mass is 1060 g/mol. The number of carbonyl (C=O) groups is 7. The maximum atomic E-state index is 14.3. The minimum atomic E-state index is -1.08. The van der Waals surface area contributed by atoms with Crippen molar-refractivity contribution in [1.82, 2.24) is 0 Å². The van der Waals surface area contributed by atoms with E-state index in [-0.39, 0.29) is 145 Å². The molecule has 8 aliphatic carbocycles. The smallest absolute Gasteiger partial charge is 0.550 e. The standard InChI is InChI=1S/C30H48O5.C29H44O5.C2H4O2.K/c1-8-21-24-16-20(35-19(4)31)13-14-29(24,5)25-15-18(3)30(6)22(17(2)9-12-26(32)34-7)10-11-23(30)27(25)28(21)33;1-7-20-24-16-19(34-18(3)30)12-14-29(24,5)23-13-15-28(4)21(17(2)8-11-25(31)33-6)9-10-22(28)26(23)27(20)32;1-2(3)4;/h17-18,20-25,27H,8-16H2,1-7H3;13,15,17,19-24,26H,7-12,14,16H2,1-6H3;1H3,(H,3,4);/q;;;+1/p-1/t17-,18+,20-,21-,22-,23?,24+,25?,27?,29+,30-;17-,19-,20-,21-,22?,23?,24+,26?,28-,29-;;/m11../s1. The molecule has 21 atom stereocenters. The summed E-state index contributed by atoms with van der Waals surface area (Å²) in [5, 5.41) is 8.89. The first kappa shape index (κ1) is 62.9. The number of methoxy groups -OCH3 is 2. The second-order valence-electron chi connectivity index (χ2n) is 25.7. The van der Waals surface area contributed by atoms with Crippen molar-refractivity contribution in [3.05, 3.63) is 12.2 Å². The van der Waals surface area contributed by atoms with Gasteiger partial charge in [-0.25, -0.2) is 0 Å². The number of ketones is 2. The van der Waals surface area contributed by atoms with E-state index in [0.29, 0.717) is 77.7 Å². The van der Waals surface area contributed by atoms with E-state index < -0.39 is 5.97 Å². The molecule has 7 saturated carbocycles. The number of fused-ring (bicyclic) bond motifs is 10. The molecule has 0 saturated heterocycles. The van der Waals surface area contributed by atoms with E-state index in [0.717, 1.165) is 103 Å². The van der Waals surface area contributed by atoms with Gasteiger partial charge in [0.15, 0.2) is 0 Å². The predicted molar refractivity (Wildman–Crippen MR) is 277 cm³/mol. The van der Waals surface area contributed by atoms with Crippen LogP contribution in [0.3, 0.4) is 0 Å². The van der Waals surface area contributed by atoms with Gasteiger partial charge in [0, 0.05) is 56.3 Å². The minimum absolute atomic E-state index is 0. The zero-order valence-electron chi connectivity index (χ0n) is 48.4. The second kappa shape index (κ2) is 25.5. The third-order valence-electron chi connectivity index (χ3n) is 22.5. The van der Waals surface area contributed by atoms with Crippen molar-refractivity contribution in [2.75, 3.05) is 14.2 Å². The van der Waals surface area contributed by atoms with Crippen LogP contribution in [0.2, 0.25) is 0 Å². The van der Waals surface area contributed by atoms with Crippen LogP contribution in [0.5, 0.6) is 0 Å². The Morgan fingerprint density at radius 2 is 1.08 bits per heavy atom. The molecule has 8 aliphatic rings. The maximum Gasteiger partial charge on any atom is 1.00 e. The van der Waals surface area contributed by atoms with E-state index in [1.807, 2.05) is 0 Å². The van der Waals surface area contributed by atoms with Gasteiger partial charge in [-0.15, -0.1) is 0 Å². The average molecular weight is 1060 g/mol. The van der Waals surface area contributed by atoms with Crippen LogP contribution in [0.15, 0.2) is 12.2 Å². The van der Waals surface area contributed by atoms with Gasteiger partial charge in [0.1, 0.15) is 23.8 Å². The number of hydrogen-bond donors (Lipinski definition) is 0. The van der Waals surface area contributed by atoms with Gasteiger partial charge in [-0.1, -0.05) is 74.5 Å². The summed E-state index contributed by atoms with van der Waals surface area (Å²) < 4.78 is 21.1. The van der Waals surface area contributed by atoms with Crippen LogP contribution in [0.1, 0.15) is 192 Å². The van der Waals surface area contributed by atoms with Crippen molar-refractivity contribution in [1.29, 1.82) is 0 Å². The predicted octanol–water partition coefficient (Wildman–Crippen LogP) is 7.75. The van der Waals surface area contributed by atoms with Crippen molar-refractivity contribution in [2.45, 2.75) is 204 Å². The minimum Gasteiger partial charge on any atom is -0.550 e. The van der Waals surface area contributed by atoms with Gasteiger partial charge in [0.05, 0.1) is 14.2 Å². The fraction of sp³-hybridized carbons (Fsp3) is 0.852. The van der Waals surface area contributed by atoms with Gasteiger partial charge in [-0.05, 0) is 190 Å². The number of carbonyl (C=O) groups excluding carboxylic acids is 7. The number of ether oxygens (including phenoxy) is 4. The van der Waals surface area contributed by atoms with E-state index in [4.69, 9.17) is 28.8 Å². The molecule has 0 aromatic rings. The molecule has 13 heteroatoms. The molecule has 0 spiro atoms. The third-order valence-corrected chi connectivity index (χ3v) is 22.5. The molecule has 6 unspecified atom stereocenters. The quantitative estimate of drug-likeness (QED) is 0.0805. The molecular formula is C61H95KO12. The fourth-order valence-electron chi connectivity index (χ4n) is 18.9. The zero-order chi connectivity index (χ0) is 54.1. The number of Topliss-reactive ketones (excluding diaryl/α,β-unsaturated/α-hetero) is 2. The second-order valence-corrected chi connectivity index (χ2v) is 25.7. The van der Waals surface area contributed by atoms with Gasteiger partial charge >= 0.3 is 75.3 Å². The zero-order valence-corrected chi connectivity index (χ0v) is 51.5. The Balaban J connectivity index is 0.000000252. The molecule has 0 N–H and O–H groups in total. The molecule has 412 valence electrons. The summed E-state index contributed by atoms with van der Waals surface area (Å²) >= 11 is 0. The van der Waals surface area contributed by atoms with Crippen LogP contribution in [0, 0.1) is 110 Å². The fourth-order valence-corrected chi connectivity index (χ4v) is 18.9. The summed E-state index contributed by atoms with van der Waals surface area (Å²) in [6, 6.07) is 0. The van der Waals surface area contributed by atoms with Gasteiger partial charge in [-0.3, -0.25) is 28.8 Å². The van der Waals surface area contributed by atoms with E-state index in [1.165, 1.54) is 28.1 Å². The van der Waals surface area contributed by atoms with Crippen LogP contribution in [0.25, 0.3) is 0 Å². The average Bonchev–Trinajstić information content (AvgIpc) is 3.88. The summed E-state index contributed by atoms with van der Waals surface area (Å²) in [4.78, 5) is 84.1. The van der Waals surface area contributed by atoms with Crippen LogP contribution in [-0.2, 0) is 52.5 Å². The van der Waals surface area contributed by atoms with Crippen LogP contribution < -0.4 is 56.5 Å². The first-order valence-electron chi connectivity index (χ1n) is 28.7. The first-order valence-corrected chi connectivity index (χ1v) is 28.7. The molecule has 0 amide bonds. The number of allylic oxidation sites excluding steroid dienone is 2. The Bertz CT molecular complexity index is 2070. The molecule has 74 heavy (non-hydrogen) atoms. The van der Waals surface area contributed by atoms with Crippen LogP contribution in [-0.4, -0.2) is 67.8 Å². The number of carboxylic acids is 1. The topological polar surface area (TPSA) is 179 Å². The molecule has 0 radical (unpaired) electrons. The number of carboxylic acid groups (broad SMARTS) is 1.